The van der Waals surface area contributed by atoms with Crippen molar-refractivity contribution < 1.29 is 22.6 Å². The van der Waals surface area contributed by atoms with Crippen molar-refractivity contribution in [3.8, 4) is 17.6 Å². The van der Waals surface area contributed by atoms with Crippen LogP contribution in [0.3, 0.4) is 0 Å². The molecule has 1 aromatic carbocycles. The van der Waals surface area contributed by atoms with Crippen molar-refractivity contribution in [3.63, 3.8) is 0 Å². The fourth-order valence-corrected chi connectivity index (χ4v) is 4.04. The van der Waals surface area contributed by atoms with E-state index in [2.05, 4.69) is 9.72 Å². The molecule has 0 amide bonds. The van der Waals surface area contributed by atoms with Crippen molar-refractivity contribution in [2.24, 2.45) is 7.05 Å². The Hall–Kier alpha value is -3.45. The molecule has 3 aromatic rings. The number of ether oxygens (including phenoxy) is 2. The highest BCUT2D eigenvalue weighted by atomic mass is 35.5. The molecule has 3 heterocycles. The third-order valence-corrected chi connectivity index (χ3v) is 5.62. The van der Waals surface area contributed by atoms with Gasteiger partial charge < -0.3 is 18.9 Å². The Morgan fingerprint density at radius 2 is 1.76 bits per heavy atom. The van der Waals surface area contributed by atoms with Gasteiger partial charge in [0.05, 0.1) is 11.2 Å². The third kappa shape index (κ3) is 4.83. The number of aromatic nitrogens is 2. The molecule has 0 aliphatic carbocycles. The van der Waals surface area contributed by atoms with Crippen LogP contribution in [-0.2, 0) is 7.05 Å². The van der Waals surface area contributed by atoms with Crippen LogP contribution in [0.5, 0.6) is 11.5 Å². The summed E-state index contributed by atoms with van der Waals surface area (Å²) >= 11 is 6.09. The van der Waals surface area contributed by atoms with Crippen LogP contribution in [0.1, 0.15) is 18.4 Å². The van der Waals surface area contributed by atoms with Crippen molar-refractivity contribution in [1.29, 1.82) is 5.26 Å². The predicted molar refractivity (Wildman–Crippen MR) is 116 cm³/mol. The number of benzene rings is 1. The number of piperidine rings is 1. The highest BCUT2D eigenvalue weighted by Crippen LogP contribution is 2.32. The van der Waals surface area contributed by atoms with Crippen LogP contribution >= 0.6 is 11.6 Å². The summed E-state index contributed by atoms with van der Waals surface area (Å²) in [6, 6.07) is 10.5. The Bertz CT molecular complexity index is 1280. The SMILES string of the molecule is Cn1c(=O)c(C#N)c(N2CCC(Oc3ccc(OC(F)(F)F)cc3)CC2)c2nc(Cl)ccc21. The van der Waals surface area contributed by atoms with Gasteiger partial charge in [-0.05, 0) is 36.4 Å². The molecule has 2 aromatic heterocycles. The molecule has 0 saturated carbocycles. The van der Waals surface area contributed by atoms with Gasteiger partial charge in [-0.25, -0.2) is 4.98 Å². The van der Waals surface area contributed by atoms with Gasteiger partial charge in [0.2, 0.25) is 0 Å². The monoisotopic (exact) mass is 478 g/mol. The number of nitriles is 1. The lowest BCUT2D eigenvalue weighted by molar-refractivity contribution is -0.274. The molecule has 0 unspecified atom stereocenters. The van der Waals surface area contributed by atoms with E-state index in [0.29, 0.717) is 48.4 Å². The Labute approximate surface area is 191 Å². The molecule has 0 spiro atoms. The van der Waals surface area contributed by atoms with Crippen LogP contribution in [-0.4, -0.2) is 35.1 Å². The van der Waals surface area contributed by atoms with Crippen molar-refractivity contribution in [1.82, 2.24) is 9.55 Å². The van der Waals surface area contributed by atoms with E-state index < -0.39 is 11.9 Å². The van der Waals surface area contributed by atoms with Crippen LogP contribution in [0.15, 0.2) is 41.2 Å². The van der Waals surface area contributed by atoms with Crippen LogP contribution in [0.2, 0.25) is 5.15 Å². The number of hydrogen-bond acceptors (Lipinski definition) is 6. The topological polar surface area (TPSA) is 80.4 Å². The molecule has 1 aliphatic rings. The number of nitrogens with zero attached hydrogens (tertiary/aromatic N) is 4. The van der Waals surface area contributed by atoms with E-state index in [1.807, 2.05) is 11.0 Å². The molecular formula is C22H18ClF3N4O3. The number of fused-ring (bicyclic) bond motifs is 1. The predicted octanol–water partition coefficient (Wildman–Crippen LogP) is 4.40. The van der Waals surface area contributed by atoms with Gasteiger partial charge in [-0.1, -0.05) is 11.6 Å². The minimum atomic E-state index is -4.75. The van der Waals surface area contributed by atoms with E-state index in [0.717, 1.165) is 0 Å². The first-order valence-corrected chi connectivity index (χ1v) is 10.4. The van der Waals surface area contributed by atoms with Gasteiger partial charge in [-0.2, -0.15) is 5.26 Å². The lowest BCUT2D eigenvalue weighted by atomic mass is 10.0. The van der Waals surface area contributed by atoms with Gasteiger partial charge in [-0.3, -0.25) is 4.79 Å². The number of hydrogen-bond donors (Lipinski definition) is 0. The second-order valence-corrected chi connectivity index (χ2v) is 7.91. The number of anilines is 1. The van der Waals surface area contributed by atoms with E-state index >= 15 is 0 Å². The second kappa shape index (κ2) is 8.83. The standard InChI is InChI=1S/C22H18ClF3N4O3/c1-29-17-6-7-18(23)28-19(17)20(16(12-27)21(29)31)30-10-8-14(9-11-30)32-13-2-4-15(5-3-13)33-22(24,25)26/h2-7,14H,8-11H2,1H3. The summed E-state index contributed by atoms with van der Waals surface area (Å²) in [7, 11) is 1.58. The minimum Gasteiger partial charge on any atom is -0.490 e. The van der Waals surface area contributed by atoms with Crippen molar-refractivity contribution in [2.75, 3.05) is 18.0 Å². The summed E-state index contributed by atoms with van der Waals surface area (Å²) in [4.78, 5) is 19.0. The van der Waals surface area contributed by atoms with E-state index in [-0.39, 0.29) is 22.6 Å². The van der Waals surface area contributed by atoms with Gasteiger partial charge in [0.1, 0.15) is 39.9 Å². The molecule has 1 saturated heterocycles. The summed E-state index contributed by atoms with van der Waals surface area (Å²) in [5, 5.41) is 9.92. The summed E-state index contributed by atoms with van der Waals surface area (Å²) < 4.78 is 48.0. The lowest BCUT2D eigenvalue weighted by Gasteiger charge is -2.34. The van der Waals surface area contributed by atoms with Crippen molar-refractivity contribution >= 4 is 28.3 Å². The molecule has 0 bridgehead atoms. The Morgan fingerprint density at radius 3 is 2.36 bits per heavy atom. The summed E-state index contributed by atoms with van der Waals surface area (Å²) in [6.45, 7) is 0.982. The zero-order valence-electron chi connectivity index (χ0n) is 17.4. The Kier molecular flexibility index (Phi) is 6.08. The maximum Gasteiger partial charge on any atom is 0.573 e. The minimum absolute atomic E-state index is 0.000566. The summed E-state index contributed by atoms with van der Waals surface area (Å²) in [5.74, 6) is 0.102. The lowest BCUT2D eigenvalue weighted by Crippen LogP contribution is -2.40. The van der Waals surface area contributed by atoms with Gasteiger partial charge in [0.25, 0.3) is 5.56 Å². The van der Waals surface area contributed by atoms with Crippen LogP contribution in [0, 0.1) is 11.3 Å². The average Bonchev–Trinajstić information content (AvgIpc) is 2.77. The molecular weight excluding hydrogens is 461 g/mol. The quantitative estimate of drug-likeness (QED) is 0.517. The summed E-state index contributed by atoms with van der Waals surface area (Å²) in [6.07, 6.45) is -3.79. The number of rotatable bonds is 4. The summed E-state index contributed by atoms with van der Waals surface area (Å²) in [5.41, 5.74) is 1.08. The molecule has 11 heteroatoms. The molecule has 4 rings (SSSR count). The van der Waals surface area contributed by atoms with Gasteiger partial charge >= 0.3 is 6.36 Å². The largest absolute Gasteiger partial charge is 0.573 e. The zero-order chi connectivity index (χ0) is 23.8. The number of halogens is 4. The second-order valence-electron chi connectivity index (χ2n) is 7.52. The maximum absolute atomic E-state index is 12.7. The maximum atomic E-state index is 12.7. The molecule has 172 valence electrons. The molecule has 0 radical (unpaired) electrons. The van der Waals surface area contributed by atoms with E-state index in [1.165, 1.54) is 28.8 Å². The van der Waals surface area contributed by atoms with Crippen LogP contribution < -0.4 is 19.9 Å². The van der Waals surface area contributed by atoms with Crippen LogP contribution in [0.4, 0.5) is 18.9 Å². The average molecular weight is 479 g/mol. The van der Waals surface area contributed by atoms with E-state index in [1.54, 1.807) is 19.2 Å². The number of pyridine rings is 2. The van der Waals surface area contributed by atoms with Gasteiger partial charge in [0.15, 0.2) is 0 Å². The van der Waals surface area contributed by atoms with E-state index in [9.17, 15) is 23.2 Å². The number of alkyl halides is 3. The van der Waals surface area contributed by atoms with Crippen LogP contribution in [0.25, 0.3) is 11.0 Å². The third-order valence-electron chi connectivity index (χ3n) is 5.41. The first kappa shape index (κ1) is 22.7. The highest BCUT2D eigenvalue weighted by molar-refractivity contribution is 6.29. The smallest absolute Gasteiger partial charge is 0.490 e. The molecule has 0 atom stereocenters. The Balaban J connectivity index is 1.52. The molecule has 33 heavy (non-hydrogen) atoms. The zero-order valence-corrected chi connectivity index (χ0v) is 18.2. The van der Waals surface area contributed by atoms with Gasteiger partial charge in [0, 0.05) is 33.0 Å². The van der Waals surface area contributed by atoms with Crippen molar-refractivity contribution in [2.45, 2.75) is 25.3 Å². The van der Waals surface area contributed by atoms with Crippen molar-refractivity contribution in [3.05, 3.63) is 57.5 Å². The molecule has 7 nitrogen and oxygen atoms in total. The fourth-order valence-electron chi connectivity index (χ4n) is 3.89. The van der Waals surface area contributed by atoms with Gasteiger partial charge in [-0.15, -0.1) is 13.2 Å². The Morgan fingerprint density at radius 1 is 1.12 bits per heavy atom. The first-order chi connectivity index (χ1) is 15.7. The normalized spacial score (nSPS) is 14.8. The molecule has 0 N–H and O–H groups in total. The highest BCUT2D eigenvalue weighted by Gasteiger charge is 2.31. The molecule has 1 aliphatic heterocycles. The first-order valence-electron chi connectivity index (χ1n) is 10.0. The fraction of sp³-hybridized carbons (Fsp3) is 0.318. The molecule has 1 fully saturated rings. The number of aryl methyl sites for hydroxylation is 1. The van der Waals surface area contributed by atoms with E-state index in [4.69, 9.17) is 16.3 Å².